The monoisotopic (exact) mass is 241 g/mol. The van der Waals surface area contributed by atoms with Crippen LogP contribution in [0.15, 0.2) is 12.1 Å². The number of hydrogen-bond donors (Lipinski definition) is 1. The Kier molecular flexibility index (Phi) is 4.45. The lowest BCUT2D eigenvalue weighted by Gasteiger charge is -2.14. The molecule has 0 aromatic heterocycles. The zero-order chi connectivity index (χ0) is 12.8. The van der Waals surface area contributed by atoms with E-state index in [1.165, 1.54) is 28.4 Å². The van der Waals surface area contributed by atoms with Crippen LogP contribution >= 0.6 is 0 Å². The molecule has 0 aliphatic carbocycles. The maximum atomic E-state index is 11.1. The van der Waals surface area contributed by atoms with Crippen LogP contribution in [0.5, 0.6) is 17.2 Å². The Morgan fingerprint density at radius 1 is 1.00 bits per heavy atom. The molecular formula is C11H15NO5. The van der Waals surface area contributed by atoms with Crippen molar-refractivity contribution >= 4 is 11.8 Å². The van der Waals surface area contributed by atoms with Gasteiger partial charge in [-0.15, -0.1) is 0 Å². The van der Waals surface area contributed by atoms with Gasteiger partial charge in [0.25, 0.3) is 0 Å². The van der Waals surface area contributed by atoms with Crippen molar-refractivity contribution in [1.82, 2.24) is 0 Å². The molecular weight excluding hydrogens is 226 g/mol. The predicted molar refractivity (Wildman–Crippen MR) is 62.1 cm³/mol. The van der Waals surface area contributed by atoms with Gasteiger partial charge in [0.2, 0.25) is 5.75 Å². The van der Waals surface area contributed by atoms with Gasteiger partial charge in [0.15, 0.2) is 11.5 Å². The van der Waals surface area contributed by atoms with Gasteiger partial charge in [-0.3, -0.25) is 5.32 Å². The highest BCUT2D eigenvalue weighted by molar-refractivity contribution is 5.85. The van der Waals surface area contributed by atoms with Crippen LogP contribution in [-0.2, 0) is 4.74 Å². The maximum Gasteiger partial charge on any atom is 0.411 e. The lowest BCUT2D eigenvalue weighted by Crippen LogP contribution is -2.11. The smallest absolute Gasteiger partial charge is 0.411 e. The van der Waals surface area contributed by atoms with Gasteiger partial charge >= 0.3 is 6.09 Å². The molecule has 1 rings (SSSR count). The second kappa shape index (κ2) is 5.83. The number of carbonyl (C=O) groups excluding carboxylic acids is 1. The Labute approximate surface area is 99.4 Å². The van der Waals surface area contributed by atoms with Crippen LogP contribution in [0.4, 0.5) is 10.5 Å². The molecule has 0 saturated carbocycles. The van der Waals surface area contributed by atoms with Gasteiger partial charge in [-0.25, -0.2) is 4.79 Å². The summed E-state index contributed by atoms with van der Waals surface area (Å²) in [5, 5.41) is 2.52. The van der Waals surface area contributed by atoms with Crippen molar-refractivity contribution in [2.75, 3.05) is 33.8 Å². The van der Waals surface area contributed by atoms with Gasteiger partial charge in [-0.1, -0.05) is 0 Å². The first kappa shape index (κ1) is 13.0. The van der Waals surface area contributed by atoms with Gasteiger partial charge in [0.05, 0.1) is 34.1 Å². The SMILES string of the molecule is COC(=O)Nc1cc(OC)c(OC)c(OC)c1. The Morgan fingerprint density at radius 3 is 1.88 bits per heavy atom. The largest absolute Gasteiger partial charge is 0.493 e. The van der Waals surface area contributed by atoms with Gasteiger partial charge in [0.1, 0.15) is 0 Å². The molecule has 1 amide bonds. The van der Waals surface area contributed by atoms with Crippen molar-refractivity contribution in [3.63, 3.8) is 0 Å². The quantitative estimate of drug-likeness (QED) is 0.871. The molecule has 0 heterocycles. The van der Waals surface area contributed by atoms with E-state index in [0.717, 1.165) is 0 Å². The molecule has 0 radical (unpaired) electrons. The summed E-state index contributed by atoms with van der Waals surface area (Å²) < 4.78 is 19.9. The molecule has 0 saturated heterocycles. The van der Waals surface area contributed by atoms with Crippen LogP contribution in [0.2, 0.25) is 0 Å². The number of methoxy groups -OCH3 is 4. The standard InChI is InChI=1S/C11H15NO5/c1-14-8-5-7(12-11(13)17-4)6-9(15-2)10(8)16-3/h5-6H,1-4H3,(H,12,13). The van der Waals surface area contributed by atoms with Gasteiger partial charge in [-0.2, -0.15) is 0 Å². The minimum Gasteiger partial charge on any atom is -0.493 e. The molecule has 17 heavy (non-hydrogen) atoms. The number of amides is 1. The van der Waals surface area contributed by atoms with E-state index < -0.39 is 6.09 Å². The molecule has 0 fully saturated rings. The topological polar surface area (TPSA) is 66.0 Å². The third kappa shape index (κ3) is 2.93. The van der Waals surface area contributed by atoms with E-state index in [4.69, 9.17) is 14.2 Å². The van der Waals surface area contributed by atoms with E-state index in [1.807, 2.05) is 0 Å². The van der Waals surface area contributed by atoms with E-state index in [2.05, 4.69) is 10.1 Å². The highest BCUT2D eigenvalue weighted by Crippen LogP contribution is 2.39. The van der Waals surface area contributed by atoms with Gasteiger partial charge in [0, 0.05) is 12.1 Å². The van der Waals surface area contributed by atoms with E-state index in [-0.39, 0.29) is 0 Å². The zero-order valence-corrected chi connectivity index (χ0v) is 10.2. The Balaban J connectivity index is 3.13. The van der Waals surface area contributed by atoms with E-state index in [1.54, 1.807) is 12.1 Å². The summed E-state index contributed by atoms with van der Waals surface area (Å²) >= 11 is 0. The number of nitrogens with one attached hydrogen (secondary N) is 1. The number of hydrogen-bond acceptors (Lipinski definition) is 5. The van der Waals surface area contributed by atoms with Crippen molar-refractivity contribution in [1.29, 1.82) is 0 Å². The lowest BCUT2D eigenvalue weighted by molar-refractivity contribution is 0.187. The normalized spacial score (nSPS) is 9.41. The van der Waals surface area contributed by atoms with Crippen LogP contribution in [0.3, 0.4) is 0 Å². The fourth-order valence-corrected chi connectivity index (χ4v) is 1.32. The molecule has 6 heteroatoms. The summed E-state index contributed by atoms with van der Waals surface area (Å²) in [6.07, 6.45) is -0.570. The van der Waals surface area contributed by atoms with Gasteiger partial charge in [-0.05, 0) is 0 Å². The molecule has 1 aromatic rings. The molecule has 1 aromatic carbocycles. The number of ether oxygens (including phenoxy) is 4. The summed E-state index contributed by atoms with van der Waals surface area (Å²) in [5.41, 5.74) is 0.492. The van der Waals surface area contributed by atoms with Crippen molar-refractivity contribution < 1.29 is 23.7 Å². The van der Waals surface area contributed by atoms with Gasteiger partial charge < -0.3 is 18.9 Å². The number of rotatable bonds is 4. The molecule has 94 valence electrons. The Bertz CT molecular complexity index is 380. The first-order chi connectivity index (χ1) is 8.15. The number of anilines is 1. The van der Waals surface area contributed by atoms with Crippen molar-refractivity contribution in [3.05, 3.63) is 12.1 Å². The third-order valence-corrected chi connectivity index (χ3v) is 2.10. The molecule has 0 aliphatic rings. The maximum absolute atomic E-state index is 11.1. The molecule has 0 aliphatic heterocycles. The fourth-order valence-electron chi connectivity index (χ4n) is 1.32. The lowest BCUT2D eigenvalue weighted by atomic mass is 10.2. The zero-order valence-electron chi connectivity index (χ0n) is 10.2. The Morgan fingerprint density at radius 2 is 1.53 bits per heavy atom. The van der Waals surface area contributed by atoms with Crippen molar-refractivity contribution in [2.45, 2.75) is 0 Å². The molecule has 0 spiro atoms. The second-order valence-electron chi connectivity index (χ2n) is 3.03. The molecule has 0 atom stereocenters. The van der Waals surface area contributed by atoms with Crippen LogP contribution < -0.4 is 19.5 Å². The highest BCUT2D eigenvalue weighted by Gasteiger charge is 2.14. The molecule has 6 nitrogen and oxygen atoms in total. The summed E-state index contributed by atoms with van der Waals surface area (Å²) in [6, 6.07) is 3.22. The summed E-state index contributed by atoms with van der Waals surface area (Å²) in [4.78, 5) is 11.1. The van der Waals surface area contributed by atoms with Crippen LogP contribution in [0, 0.1) is 0 Å². The van der Waals surface area contributed by atoms with Crippen LogP contribution in [0.25, 0.3) is 0 Å². The average Bonchev–Trinajstić information content (AvgIpc) is 2.37. The predicted octanol–water partition coefficient (Wildman–Crippen LogP) is 1.89. The fraction of sp³-hybridized carbons (Fsp3) is 0.364. The molecule has 1 N–H and O–H groups in total. The van der Waals surface area contributed by atoms with Crippen LogP contribution in [0.1, 0.15) is 0 Å². The Hall–Kier alpha value is -2.11. The number of benzene rings is 1. The molecule has 0 bridgehead atoms. The van der Waals surface area contributed by atoms with Crippen molar-refractivity contribution in [2.24, 2.45) is 0 Å². The average molecular weight is 241 g/mol. The van der Waals surface area contributed by atoms with E-state index in [9.17, 15) is 4.79 Å². The third-order valence-electron chi connectivity index (χ3n) is 2.10. The van der Waals surface area contributed by atoms with Crippen LogP contribution in [-0.4, -0.2) is 34.5 Å². The molecule has 0 unspecified atom stereocenters. The minimum absolute atomic E-state index is 0.457. The second-order valence-corrected chi connectivity index (χ2v) is 3.03. The van der Waals surface area contributed by atoms with E-state index in [0.29, 0.717) is 22.9 Å². The first-order valence-electron chi connectivity index (χ1n) is 4.81. The highest BCUT2D eigenvalue weighted by atomic mass is 16.5. The van der Waals surface area contributed by atoms with Crippen molar-refractivity contribution in [3.8, 4) is 17.2 Å². The minimum atomic E-state index is -0.570. The number of carbonyl (C=O) groups is 1. The van der Waals surface area contributed by atoms with E-state index >= 15 is 0 Å². The first-order valence-corrected chi connectivity index (χ1v) is 4.81. The summed E-state index contributed by atoms with van der Waals surface area (Å²) in [7, 11) is 5.79. The summed E-state index contributed by atoms with van der Waals surface area (Å²) in [6.45, 7) is 0. The summed E-state index contributed by atoms with van der Waals surface area (Å²) in [5.74, 6) is 1.38.